The van der Waals surface area contributed by atoms with Crippen LogP contribution in [0.3, 0.4) is 0 Å². The van der Waals surface area contributed by atoms with Crippen LogP contribution in [0.15, 0.2) is 46.9 Å². The number of hydrogen-bond acceptors (Lipinski definition) is 4. The van der Waals surface area contributed by atoms with Gasteiger partial charge in [-0.15, -0.1) is 0 Å². The number of methoxy groups -OCH3 is 2. The fraction of sp³-hybridized carbons (Fsp3) is 0.278. The van der Waals surface area contributed by atoms with Crippen LogP contribution in [0.2, 0.25) is 0 Å². The molecule has 6 heteroatoms. The second kappa shape index (κ2) is 9.30. The molecule has 0 saturated carbocycles. The van der Waals surface area contributed by atoms with E-state index in [9.17, 15) is 4.79 Å². The zero-order valence-electron chi connectivity index (χ0n) is 13.8. The Morgan fingerprint density at radius 3 is 2.46 bits per heavy atom. The van der Waals surface area contributed by atoms with Crippen LogP contribution in [-0.2, 0) is 6.54 Å². The third-order valence-corrected chi connectivity index (χ3v) is 4.03. The first-order chi connectivity index (χ1) is 11.6. The van der Waals surface area contributed by atoms with Crippen molar-refractivity contribution in [3.8, 4) is 11.5 Å². The highest BCUT2D eigenvalue weighted by molar-refractivity contribution is 9.10. The van der Waals surface area contributed by atoms with E-state index in [2.05, 4.69) is 26.6 Å². The van der Waals surface area contributed by atoms with Gasteiger partial charge in [0.25, 0.3) is 5.91 Å². The molecule has 0 aromatic heterocycles. The summed E-state index contributed by atoms with van der Waals surface area (Å²) in [7, 11) is 3.28. The molecule has 0 saturated heterocycles. The van der Waals surface area contributed by atoms with E-state index in [1.54, 1.807) is 26.4 Å². The number of halogens is 1. The standard InChI is InChI=1S/C18H21BrN2O3/c1-23-16-7-8-17(24-2)14(11-16)12-20-9-10-21-18(22)13-3-5-15(19)6-4-13/h3-8,11,20H,9-10,12H2,1-2H3,(H,21,22). The van der Waals surface area contributed by atoms with Gasteiger partial charge in [-0.3, -0.25) is 4.79 Å². The second-order valence-corrected chi connectivity index (χ2v) is 6.03. The van der Waals surface area contributed by atoms with E-state index in [0.29, 0.717) is 25.2 Å². The van der Waals surface area contributed by atoms with Crippen molar-refractivity contribution in [1.29, 1.82) is 0 Å². The van der Waals surface area contributed by atoms with Gasteiger partial charge in [0.1, 0.15) is 11.5 Å². The van der Waals surface area contributed by atoms with E-state index in [1.165, 1.54) is 0 Å². The lowest BCUT2D eigenvalue weighted by Gasteiger charge is -2.12. The lowest BCUT2D eigenvalue weighted by atomic mass is 10.2. The van der Waals surface area contributed by atoms with Crippen molar-refractivity contribution >= 4 is 21.8 Å². The third-order valence-electron chi connectivity index (χ3n) is 3.50. The Balaban J connectivity index is 1.77. The normalized spacial score (nSPS) is 10.3. The van der Waals surface area contributed by atoms with Crippen LogP contribution in [0.25, 0.3) is 0 Å². The van der Waals surface area contributed by atoms with Crippen LogP contribution in [0.5, 0.6) is 11.5 Å². The number of ether oxygens (including phenoxy) is 2. The maximum Gasteiger partial charge on any atom is 0.251 e. The number of benzene rings is 2. The summed E-state index contributed by atoms with van der Waals surface area (Å²) in [5, 5.41) is 6.17. The second-order valence-electron chi connectivity index (χ2n) is 5.12. The molecule has 1 amide bonds. The quantitative estimate of drug-likeness (QED) is 0.677. The van der Waals surface area contributed by atoms with Gasteiger partial charge in [-0.1, -0.05) is 15.9 Å². The van der Waals surface area contributed by atoms with E-state index in [4.69, 9.17) is 9.47 Å². The van der Waals surface area contributed by atoms with Crippen molar-refractivity contribution in [3.63, 3.8) is 0 Å². The number of hydrogen-bond donors (Lipinski definition) is 2. The Morgan fingerprint density at radius 2 is 1.79 bits per heavy atom. The van der Waals surface area contributed by atoms with Crippen molar-refractivity contribution in [2.24, 2.45) is 0 Å². The topological polar surface area (TPSA) is 59.6 Å². The van der Waals surface area contributed by atoms with Gasteiger partial charge in [-0.2, -0.15) is 0 Å². The number of carbonyl (C=O) groups excluding carboxylic acids is 1. The molecule has 5 nitrogen and oxygen atoms in total. The smallest absolute Gasteiger partial charge is 0.251 e. The number of rotatable bonds is 8. The van der Waals surface area contributed by atoms with Crippen LogP contribution >= 0.6 is 15.9 Å². The number of amides is 1. The lowest BCUT2D eigenvalue weighted by molar-refractivity contribution is 0.0954. The first-order valence-electron chi connectivity index (χ1n) is 7.59. The summed E-state index contributed by atoms with van der Waals surface area (Å²) < 4.78 is 11.5. The number of nitrogens with one attached hydrogen (secondary N) is 2. The molecular formula is C18H21BrN2O3. The minimum Gasteiger partial charge on any atom is -0.497 e. The highest BCUT2D eigenvalue weighted by Crippen LogP contribution is 2.23. The van der Waals surface area contributed by atoms with Crippen LogP contribution in [0, 0.1) is 0 Å². The van der Waals surface area contributed by atoms with Gasteiger partial charge in [0.2, 0.25) is 0 Å². The molecule has 0 aliphatic carbocycles. The molecule has 2 rings (SSSR count). The summed E-state index contributed by atoms with van der Waals surface area (Å²) in [5.74, 6) is 1.52. The molecule has 0 unspecified atom stereocenters. The molecule has 2 N–H and O–H groups in total. The maximum absolute atomic E-state index is 12.0. The largest absolute Gasteiger partial charge is 0.497 e. The first kappa shape index (κ1) is 18.3. The van der Waals surface area contributed by atoms with Crippen molar-refractivity contribution in [1.82, 2.24) is 10.6 Å². The van der Waals surface area contributed by atoms with E-state index in [0.717, 1.165) is 21.5 Å². The molecule has 0 spiro atoms. The SMILES string of the molecule is COc1ccc(OC)c(CNCCNC(=O)c2ccc(Br)cc2)c1. The molecule has 128 valence electrons. The molecule has 0 fully saturated rings. The molecular weight excluding hydrogens is 372 g/mol. The number of carbonyl (C=O) groups is 1. The summed E-state index contributed by atoms with van der Waals surface area (Å²) in [6.45, 7) is 1.83. The lowest BCUT2D eigenvalue weighted by Crippen LogP contribution is -2.31. The Morgan fingerprint density at radius 1 is 1.04 bits per heavy atom. The van der Waals surface area contributed by atoms with E-state index < -0.39 is 0 Å². The minimum atomic E-state index is -0.0803. The van der Waals surface area contributed by atoms with Gasteiger partial charge in [-0.05, 0) is 42.5 Å². The monoisotopic (exact) mass is 392 g/mol. The zero-order chi connectivity index (χ0) is 17.4. The molecule has 0 radical (unpaired) electrons. The zero-order valence-corrected chi connectivity index (χ0v) is 15.4. The molecule has 24 heavy (non-hydrogen) atoms. The van der Waals surface area contributed by atoms with Crippen LogP contribution in [-0.4, -0.2) is 33.2 Å². The Bertz CT molecular complexity index is 674. The molecule has 0 heterocycles. The predicted molar refractivity (Wildman–Crippen MR) is 97.7 cm³/mol. The summed E-state index contributed by atoms with van der Waals surface area (Å²) in [4.78, 5) is 12.0. The fourth-order valence-corrected chi connectivity index (χ4v) is 2.48. The van der Waals surface area contributed by atoms with Gasteiger partial charge in [-0.25, -0.2) is 0 Å². The van der Waals surface area contributed by atoms with Gasteiger partial charge in [0.15, 0.2) is 0 Å². The summed E-state index contributed by atoms with van der Waals surface area (Å²) in [6, 6.07) is 12.9. The van der Waals surface area contributed by atoms with E-state index in [1.807, 2.05) is 30.3 Å². The Kier molecular flexibility index (Phi) is 7.08. The fourth-order valence-electron chi connectivity index (χ4n) is 2.21. The van der Waals surface area contributed by atoms with Gasteiger partial charge in [0.05, 0.1) is 14.2 Å². The highest BCUT2D eigenvalue weighted by Gasteiger charge is 2.06. The molecule has 0 atom stereocenters. The average molecular weight is 393 g/mol. The molecule has 0 bridgehead atoms. The maximum atomic E-state index is 12.0. The molecule has 0 aliphatic rings. The first-order valence-corrected chi connectivity index (χ1v) is 8.38. The predicted octanol–water partition coefficient (Wildman–Crippen LogP) is 2.99. The molecule has 2 aromatic carbocycles. The Labute approximate surface area is 150 Å². The van der Waals surface area contributed by atoms with Crippen molar-refractivity contribution in [3.05, 3.63) is 58.1 Å². The van der Waals surface area contributed by atoms with Crippen molar-refractivity contribution < 1.29 is 14.3 Å². The van der Waals surface area contributed by atoms with Gasteiger partial charge < -0.3 is 20.1 Å². The molecule has 0 aliphatic heterocycles. The molecule has 2 aromatic rings. The minimum absolute atomic E-state index is 0.0803. The van der Waals surface area contributed by atoms with E-state index in [-0.39, 0.29) is 5.91 Å². The summed E-state index contributed by atoms with van der Waals surface area (Å²) in [6.07, 6.45) is 0. The van der Waals surface area contributed by atoms with Crippen LogP contribution in [0.1, 0.15) is 15.9 Å². The average Bonchev–Trinajstić information content (AvgIpc) is 2.61. The van der Waals surface area contributed by atoms with Crippen molar-refractivity contribution in [2.45, 2.75) is 6.54 Å². The Hall–Kier alpha value is -2.05. The third kappa shape index (κ3) is 5.25. The van der Waals surface area contributed by atoms with Gasteiger partial charge in [0, 0.05) is 35.2 Å². The summed E-state index contributed by atoms with van der Waals surface area (Å²) in [5.41, 5.74) is 1.66. The highest BCUT2D eigenvalue weighted by atomic mass is 79.9. The summed E-state index contributed by atoms with van der Waals surface area (Å²) >= 11 is 3.35. The van der Waals surface area contributed by atoms with Crippen molar-refractivity contribution in [2.75, 3.05) is 27.3 Å². The van der Waals surface area contributed by atoms with E-state index >= 15 is 0 Å². The van der Waals surface area contributed by atoms with Gasteiger partial charge >= 0.3 is 0 Å². The van der Waals surface area contributed by atoms with Crippen LogP contribution in [0.4, 0.5) is 0 Å². The van der Waals surface area contributed by atoms with Crippen LogP contribution < -0.4 is 20.1 Å².